The van der Waals surface area contributed by atoms with E-state index in [9.17, 15) is 28.0 Å². The summed E-state index contributed by atoms with van der Waals surface area (Å²) in [6.45, 7) is 2.07. The molecule has 9 nitrogen and oxygen atoms in total. The number of hydrogen-bond acceptors (Lipinski definition) is 6. The van der Waals surface area contributed by atoms with Gasteiger partial charge in [-0.1, -0.05) is 12.1 Å². The first-order valence-electron chi connectivity index (χ1n) is 11.5. The highest BCUT2D eigenvalue weighted by Gasteiger charge is 2.47. The van der Waals surface area contributed by atoms with Crippen molar-refractivity contribution in [3.05, 3.63) is 76.0 Å². The summed E-state index contributed by atoms with van der Waals surface area (Å²) >= 11 is 0. The van der Waals surface area contributed by atoms with E-state index in [1.165, 1.54) is 25.1 Å². The minimum atomic E-state index is -4.64. The Hall–Kier alpha value is -4.37. The van der Waals surface area contributed by atoms with Crippen molar-refractivity contribution in [1.82, 2.24) is 9.80 Å². The van der Waals surface area contributed by atoms with Gasteiger partial charge in [0.25, 0.3) is 0 Å². The van der Waals surface area contributed by atoms with Gasteiger partial charge in [0.1, 0.15) is 17.3 Å². The summed E-state index contributed by atoms with van der Waals surface area (Å²) in [6, 6.07) is 8.97. The number of guanidine groups is 1. The lowest BCUT2D eigenvalue weighted by Gasteiger charge is -2.33. The lowest BCUT2D eigenvalue weighted by atomic mass is 9.88. The van der Waals surface area contributed by atoms with E-state index in [4.69, 9.17) is 16.2 Å². The van der Waals surface area contributed by atoms with Crippen LogP contribution in [0.2, 0.25) is 0 Å². The molecule has 2 aromatic carbocycles. The Morgan fingerprint density at radius 2 is 1.89 bits per heavy atom. The maximum Gasteiger partial charge on any atom is 0.416 e. The number of urea groups is 1. The number of primary amides is 1. The van der Waals surface area contributed by atoms with Gasteiger partial charge in [0.05, 0.1) is 30.0 Å². The van der Waals surface area contributed by atoms with Gasteiger partial charge in [0.2, 0.25) is 0 Å². The molecular weight excluding hydrogens is 501 g/mol. The van der Waals surface area contributed by atoms with Gasteiger partial charge in [-0.3, -0.25) is 5.73 Å². The Labute approximate surface area is 218 Å². The molecule has 2 amide bonds. The number of rotatable bonds is 6. The SMILES string of the molecule is COC(=O)C1=C(C)[N+](c2cccc(C(F)(F)F)c2)=C(N)N(C(N)=O)[C@@H]1c1ccc(C#N)cc1CCN(C)C. The van der Waals surface area contributed by atoms with E-state index in [1.807, 2.05) is 19.0 Å². The molecule has 0 unspecified atom stereocenters. The van der Waals surface area contributed by atoms with Crippen LogP contribution in [0.4, 0.5) is 23.7 Å². The number of hydrogen-bond donors (Lipinski definition) is 2. The van der Waals surface area contributed by atoms with Crippen LogP contribution >= 0.6 is 0 Å². The van der Waals surface area contributed by atoms with Crippen molar-refractivity contribution in [2.75, 3.05) is 27.7 Å². The maximum absolute atomic E-state index is 13.5. The van der Waals surface area contributed by atoms with Crippen LogP contribution < -0.4 is 11.5 Å². The average molecular weight is 530 g/mol. The average Bonchev–Trinajstić information content (AvgIpc) is 2.86. The predicted octanol–water partition coefficient (Wildman–Crippen LogP) is 3.22. The molecule has 38 heavy (non-hydrogen) atoms. The number of methoxy groups -OCH3 is 1. The molecular formula is C26H28F3N6O3+. The molecule has 12 heteroatoms. The van der Waals surface area contributed by atoms with Crippen LogP contribution in [0.15, 0.2) is 53.7 Å². The number of likely N-dealkylation sites (N-methyl/N-ethyl adjacent to an activating group) is 1. The molecule has 0 radical (unpaired) electrons. The standard InChI is InChI=1S/C26H27F3N6O3/c1-15-21(23(36)38-4)22(20-9-8-16(14-30)12-17(20)10-11-33(2)3)35(25(32)37)24(31)34(15)19-7-5-6-18(13-19)26(27,28)29/h5-9,12-13,22,31H,10-11H2,1-4H3,(H2,32,37)/p+1/t22-/m1/s1. The summed E-state index contributed by atoms with van der Waals surface area (Å²) in [5.41, 5.74) is 12.8. The van der Waals surface area contributed by atoms with Crippen LogP contribution in [0, 0.1) is 11.3 Å². The zero-order chi connectivity index (χ0) is 28.4. The highest BCUT2D eigenvalue weighted by atomic mass is 19.4. The number of carbonyl (C=O) groups is 2. The smallest absolute Gasteiger partial charge is 0.416 e. The van der Waals surface area contributed by atoms with Gasteiger partial charge in [0.15, 0.2) is 0 Å². The molecule has 200 valence electrons. The number of ether oxygens (including phenoxy) is 1. The van der Waals surface area contributed by atoms with Crippen molar-refractivity contribution >= 4 is 23.6 Å². The summed E-state index contributed by atoms with van der Waals surface area (Å²) in [4.78, 5) is 28.9. The van der Waals surface area contributed by atoms with Crippen LogP contribution in [-0.4, -0.2) is 60.1 Å². The molecule has 0 bridgehead atoms. The number of alkyl halides is 3. The third-order valence-electron chi connectivity index (χ3n) is 6.20. The number of nitrogens with zero attached hydrogens (tertiary/aromatic N) is 4. The first-order chi connectivity index (χ1) is 17.8. The molecule has 0 spiro atoms. The number of esters is 1. The van der Waals surface area contributed by atoms with Crippen molar-refractivity contribution < 1.29 is 32.1 Å². The van der Waals surface area contributed by atoms with E-state index in [0.717, 1.165) is 28.7 Å². The van der Waals surface area contributed by atoms with Gasteiger partial charge in [-0.15, -0.1) is 0 Å². The fourth-order valence-electron chi connectivity index (χ4n) is 4.41. The van der Waals surface area contributed by atoms with E-state index in [-0.39, 0.29) is 22.9 Å². The van der Waals surface area contributed by atoms with E-state index in [0.29, 0.717) is 29.7 Å². The van der Waals surface area contributed by atoms with Crippen molar-refractivity contribution in [3.63, 3.8) is 0 Å². The fraction of sp³-hybridized carbons (Fsp3) is 0.308. The number of carbonyl (C=O) groups excluding carboxylic acids is 2. The Balaban J connectivity index is 2.35. The molecule has 1 aliphatic rings. The van der Waals surface area contributed by atoms with Gasteiger partial charge >= 0.3 is 24.1 Å². The summed E-state index contributed by atoms with van der Waals surface area (Å²) in [5, 5.41) is 9.44. The molecule has 0 fully saturated rings. The number of nitriles is 1. The van der Waals surface area contributed by atoms with Crippen molar-refractivity contribution in [1.29, 1.82) is 5.26 Å². The zero-order valence-electron chi connectivity index (χ0n) is 21.3. The van der Waals surface area contributed by atoms with Gasteiger partial charge in [0, 0.05) is 6.54 Å². The van der Waals surface area contributed by atoms with Crippen LogP contribution in [0.3, 0.4) is 0 Å². The van der Waals surface area contributed by atoms with Crippen molar-refractivity contribution in [2.45, 2.75) is 25.6 Å². The van der Waals surface area contributed by atoms with E-state index >= 15 is 0 Å². The fourth-order valence-corrected chi connectivity index (χ4v) is 4.41. The first-order valence-corrected chi connectivity index (χ1v) is 11.5. The number of benzene rings is 2. The lowest BCUT2D eigenvalue weighted by Crippen LogP contribution is -2.54. The van der Waals surface area contributed by atoms with Gasteiger partial charge in [-0.05, 0) is 68.9 Å². The number of nitrogens with two attached hydrogens (primary N) is 2. The molecule has 4 N–H and O–H groups in total. The largest absolute Gasteiger partial charge is 0.465 e. The highest BCUT2D eigenvalue weighted by Crippen LogP contribution is 2.40. The zero-order valence-corrected chi connectivity index (χ0v) is 21.3. The van der Waals surface area contributed by atoms with E-state index in [1.54, 1.807) is 12.1 Å². The molecule has 1 heterocycles. The summed E-state index contributed by atoms with van der Waals surface area (Å²) in [6.07, 6.45) is -4.19. The molecule has 2 aromatic rings. The third kappa shape index (κ3) is 5.47. The first kappa shape index (κ1) is 28.2. The topological polar surface area (TPSA) is 129 Å². The van der Waals surface area contributed by atoms with Crippen LogP contribution in [0.25, 0.3) is 0 Å². The van der Waals surface area contributed by atoms with Crippen LogP contribution in [0.1, 0.15) is 35.2 Å². The summed E-state index contributed by atoms with van der Waals surface area (Å²) in [7, 11) is 4.88. The summed E-state index contributed by atoms with van der Waals surface area (Å²) < 4.78 is 46.6. The Bertz CT molecular complexity index is 1380. The van der Waals surface area contributed by atoms with Crippen molar-refractivity contribution in [2.24, 2.45) is 11.5 Å². The van der Waals surface area contributed by atoms with Gasteiger partial charge < -0.3 is 15.4 Å². The van der Waals surface area contributed by atoms with Gasteiger partial charge in [-0.25, -0.2) is 14.2 Å². The molecule has 1 aliphatic heterocycles. The minimum Gasteiger partial charge on any atom is -0.465 e. The number of allylic oxidation sites excluding steroid dienone is 1. The second-order valence-corrected chi connectivity index (χ2v) is 8.92. The number of halogens is 3. The molecule has 0 aromatic heterocycles. The van der Waals surface area contributed by atoms with Crippen LogP contribution in [0.5, 0.6) is 0 Å². The predicted molar refractivity (Wildman–Crippen MR) is 133 cm³/mol. The van der Waals surface area contributed by atoms with E-state index < -0.39 is 29.8 Å². The van der Waals surface area contributed by atoms with Crippen molar-refractivity contribution in [3.8, 4) is 6.07 Å². The molecule has 0 aliphatic carbocycles. The quantitative estimate of drug-likeness (QED) is 0.437. The minimum absolute atomic E-state index is 0.0337. The highest BCUT2D eigenvalue weighted by molar-refractivity contribution is 5.99. The molecule has 3 rings (SSSR count). The molecule has 0 saturated heterocycles. The Kier molecular flexibility index (Phi) is 8.12. The second kappa shape index (κ2) is 10.9. The molecule has 0 saturated carbocycles. The third-order valence-corrected chi connectivity index (χ3v) is 6.20. The number of amides is 2. The summed E-state index contributed by atoms with van der Waals surface area (Å²) in [5.74, 6) is -1.12. The lowest BCUT2D eigenvalue weighted by molar-refractivity contribution is -0.396. The van der Waals surface area contributed by atoms with Gasteiger partial charge in [-0.2, -0.15) is 23.3 Å². The van der Waals surface area contributed by atoms with Crippen LogP contribution in [-0.2, 0) is 22.1 Å². The van der Waals surface area contributed by atoms with E-state index in [2.05, 4.69) is 6.07 Å². The Morgan fingerprint density at radius 1 is 1.21 bits per heavy atom. The normalized spacial score (nSPS) is 16.1. The molecule has 1 atom stereocenters. The maximum atomic E-state index is 13.5. The Morgan fingerprint density at radius 3 is 2.45 bits per heavy atom. The monoisotopic (exact) mass is 529 g/mol. The second-order valence-electron chi connectivity index (χ2n) is 8.92.